The maximum atomic E-state index is 11.0. The molecule has 2 aromatic heterocycles. The van der Waals surface area contributed by atoms with Gasteiger partial charge in [-0.1, -0.05) is 0 Å². The van der Waals surface area contributed by atoms with Crippen LogP contribution in [0.1, 0.15) is 11.4 Å². The maximum absolute atomic E-state index is 11.0. The van der Waals surface area contributed by atoms with Crippen molar-refractivity contribution >= 4 is 29.1 Å². The van der Waals surface area contributed by atoms with Gasteiger partial charge in [-0.15, -0.1) is 0 Å². The van der Waals surface area contributed by atoms with Gasteiger partial charge in [0.2, 0.25) is 5.28 Å². The zero-order chi connectivity index (χ0) is 14.0. The molecule has 9 heteroatoms. The molecule has 0 saturated heterocycles. The van der Waals surface area contributed by atoms with Crippen LogP contribution in [-0.2, 0) is 0 Å². The van der Waals surface area contributed by atoms with Crippen molar-refractivity contribution in [3.05, 3.63) is 39.0 Å². The summed E-state index contributed by atoms with van der Waals surface area (Å²) in [6.45, 7) is 3.31. The molecule has 2 rings (SSSR count). The van der Waals surface area contributed by atoms with E-state index in [1.54, 1.807) is 19.2 Å². The molecule has 0 saturated carbocycles. The lowest BCUT2D eigenvalue weighted by atomic mass is 10.4. The summed E-state index contributed by atoms with van der Waals surface area (Å²) in [7, 11) is 0. The molecular weight excluding hydrogens is 290 g/mol. The lowest BCUT2D eigenvalue weighted by Crippen LogP contribution is -2.01. The van der Waals surface area contributed by atoms with E-state index in [4.69, 9.17) is 11.6 Å². The SMILES string of the molecule is Cc1ccnc(Sc2nc(Cl)nc(C)c2[N+](=O)[O-])n1. The van der Waals surface area contributed by atoms with E-state index in [9.17, 15) is 10.1 Å². The molecule has 0 amide bonds. The normalized spacial score (nSPS) is 10.5. The Balaban J connectivity index is 2.47. The van der Waals surface area contributed by atoms with Crippen molar-refractivity contribution in [1.29, 1.82) is 0 Å². The second kappa shape index (κ2) is 5.45. The molecule has 0 aliphatic heterocycles. The van der Waals surface area contributed by atoms with Gasteiger partial charge >= 0.3 is 5.69 Å². The quantitative estimate of drug-likeness (QED) is 0.372. The van der Waals surface area contributed by atoms with Crippen LogP contribution in [0, 0.1) is 24.0 Å². The third-order valence-corrected chi connectivity index (χ3v) is 3.17. The first-order valence-corrected chi connectivity index (χ1v) is 6.33. The van der Waals surface area contributed by atoms with Crippen LogP contribution in [-0.4, -0.2) is 24.9 Å². The van der Waals surface area contributed by atoms with Gasteiger partial charge in [-0.2, -0.15) is 0 Å². The minimum Gasteiger partial charge on any atom is -0.258 e. The summed E-state index contributed by atoms with van der Waals surface area (Å²) in [5.74, 6) is 0. The van der Waals surface area contributed by atoms with Crippen molar-refractivity contribution in [2.45, 2.75) is 24.0 Å². The molecule has 0 spiro atoms. The van der Waals surface area contributed by atoms with Gasteiger partial charge in [-0.3, -0.25) is 10.1 Å². The third-order valence-electron chi connectivity index (χ3n) is 2.14. The smallest absolute Gasteiger partial charge is 0.258 e. The number of aryl methyl sites for hydroxylation is 2. The molecule has 0 N–H and O–H groups in total. The van der Waals surface area contributed by atoms with Crippen molar-refractivity contribution in [3.63, 3.8) is 0 Å². The van der Waals surface area contributed by atoms with Crippen molar-refractivity contribution in [1.82, 2.24) is 19.9 Å². The molecule has 2 heterocycles. The van der Waals surface area contributed by atoms with Gasteiger partial charge in [0.25, 0.3) is 0 Å². The standard InChI is InChI=1S/C10H8ClN5O2S/c1-5-3-4-12-10(13-5)19-8-7(16(17)18)6(2)14-9(11)15-8/h3-4H,1-2H3. The number of halogens is 1. The fraction of sp³-hybridized carbons (Fsp3) is 0.200. The molecule has 0 aliphatic carbocycles. The molecule has 0 aromatic carbocycles. The largest absolute Gasteiger partial charge is 0.322 e. The van der Waals surface area contributed by atoms with Crippen LogP contribution in [0.4, 0.5) is 5.69 Å². The number of hydrogen-bond donors (Lipinski definition) is 0. The van der Waals surface area contributed by atoms with E-state index in [1.165, 1.54) is 6.92 Å². The van der Waals surface area contributed by atoms with Crippen LogP contribution in [0.3, 0.4) is 0 Å². The first kappa shape index (κ1) is 13.6. The van der Waals surface area contributed by atoms with Gasteiger partial charge in [-0.05, 0) is 43.3 Å². The fourth-order valence-electron chi connectivity index (χ4n) is 1.35. The van der Waals surface area contributed by atoms with Crippen LogP contribution < -0.4 is 0 Å². The monoisotopic (exact) mass is 297 g/mol. The average Bonchev–Trinajstić information content (AvgIpc) is 2.26. The Labute approximate surface area is 117 Å². The van der Waals surface area contributed by atoms with Crippen molar-refractivity contribution in [2.24, 2.45) is 0 Å². The molecule has 2 aromatic rings. The van der Waals surface area contributed by atoms with Gasteiger partial charge in [-0.25, -0.2) is 19.9 Å². The zero-order valence-corrected chi connectivity index (χ0v) is 11.6. The summed E-state index contributed by atoms with van der Waals surface area (Å²) in [6, 6.07) is 1.73. The molecule has 0 fully saturated rings. The van der Waals surface area contributed by atoms with Crippen LogP contribution in [0.5, 0.6) is 0 Å². The predicted molar refractivity (Wildman–Crippen MR) is 69.3 cm³/mol. The highest BCUT2D eigenvalue weighted by atomic mass is 35.5. The number of hydrogen-bond acceptors (Lipinski definition) is 7. The second-order valence-corrected chi connectivity index (χ2v) is 4.87. The van der Waals surface area contributed by atoms with Crippen LogP contribution in [0.2, 0.25) is 5.28 Å². The molecule has 0 aliphatic rings. The fourth-order valence-corrected chi connectivity index (χ4v) is 2.54. The highest BCUT2D eigenvalue weighted by Gasteiger charge is 2.23. The molecule has 98 valence electrons. The molecule has 0 unspecified atom stereocenters. The van der Waals surface area contributed by atoms with E-state index >= 15 is 0 Å². The van der Waals surface area contributed by atoms with E-state index < -0.39 is 4.92 Å². The van der Waals surface area contributed by atoms with E-state index in [2.05, 4.69) is 19.9 Å². The van der Waals surface area contributed by atoms with E-state index in [-0.39, 0.29) is 21.7 Å². The summed E-state index contributed by atoms with van der Waals surface area (Å²) >= 11 is 6.71. The zero-order valence-electron chi connectivity index (χ0n) is 9.99. The molecule has 0 bridgehead atoms. The van der Waals surface area contributed by atoms with E-state index in [1.807, 2.05) is 0 Å². The average molecular weight is 298 g/mol. The highest BCUT2D eigenvalue weighted by Crippen LogP contribution is 2.33. The topological polar surface area (TPSA) is 94.7 Å². The minimum atomic E-state index is -0.538. The Morgan fingerprint density at radius 1 is 1.32 bits per heavy atom. The van der Waals surface area contributed by atoms with Crippen LogP contribution >= 0.6 is 23.4 Å². The summed E-state index contributed by atoms with van der Waals surface area (Å²) in [4.78, 5) is 26.3. The summed E-state index contributed by atoms with van der Waals surface area (Å²) in [5, 5.41) is 11.5. The van der Waals surface area contributed by atoms with Gasteiger partial charge in [0.15, 0.2) is 10.2 Å². The Bertz CT molecular complexity index is 652. The van der Waals surface area contributed by atoms with Gasteiger partial charge in [0.05, 0.1) is 4.92 Å². The Morgan fingerprint density at radius 2 is 2.05 bits per heavy atom. The lowest BCUT2D eigenvalue weighted by Gasteiger charge is -2.03. The minimum absolute atomic E-state index is 0.0433. The first-order valence-electron chi connectivity index (χ1n) is 5.13. The van der Waals surface area contributed by atoms with E-state index in [0.29, 0.717) is 5.16 Å². The molecule has 0 atom stereocenters. The van der Waals surface area contributed by atoms with Gasteiger partial charge in [0, 0.05) is 11.9 Å². The molecule has 0 radical (unpaired) electrons. The lowest BCUT2D eigenvalue weighted by molar-refractivity contribution is -0.389. The number of aromatic nitrogens is 4. The van der Waals surface area contributed by atoms with Crippen LogP contribution in [0.15, 0.2) is 22.4 Å². The molecular formula is C10H8ClN5O2S. The predicted octanol–water partition coefficient (Wildman–Crippen LogP) is 2.60. The van der Waals surface area contributed by atoms with Crippen molar-refractivity contribution in [3.8, 4) is 0 Å². The first-order chi connectivity index (χ1) is 8.97. The summed E-state index contributed by atoms with van der Waals surface area (Å²) in [5.41, 5.74) is 0.789. The van der Waals surface area contributed by atoms with E-state index in [0.717, 1.165) is 17.5 Å². The summed E-state index contributed by atoms with van der Waals surface area (Å²) in [6.07, 6.45) is 1.58. The number of rotatable bonds is 3. The highest BCUT2D eigenvalue weighted by molar-refractivity contribution is 7.99. The van der Waals surface area contributed by atoms with Gasteiger partial charge < -0.3 is 0 Å². The van der Waals surface area contributed by atoms with Crippen molar-refractivity contribution in [2.75, 3.05) is 0 Å². The molecule has 7 nitrogen and oxygen atoms in total. The number of nitrogens with zero attached hydrogens (tertiary/aromatic N) is 5. The Morgan fingerprint density at radius 3 is 2.68 bits per heavy atom. The number of nitro groups is 1. The summed E-state index contributed by atoms with van der Waals surface area (Å²) < 4.78 is 0. The third kappa shape index (κ3) is 3.15. The van der Waals surface area contributed by atoms with Crippen molar-refractivity contribution < 1.29 is 4.92 Å². The molecule has 19 heavy (non-hydrogen) atoms. The van der Waals surface area contributed by atoms with Crippen LogP contribution in [0.25, 0.3) is 0 Å². The second-order valence-electron chi connectivity index (χ2n) is 3.57. The maximum Gasteiger partial charge on any atom is 0.322 e. The Kier molecular flexibility index (Phi) is 3.91. The Hall–Kier alpha value is -1.80. The van der Waals surface area contributed by atoms with Gasteiger partial charge in [0.1, 0.15) is 5.69 Å².